The Morgan fingerprint density at radius 1 is 1.08 bits per heavy atom. The van der Waals surface area contributed by atoms with Gasteiger partial charge in [-0.3, -0.25) is 4.79 Å². The van der Waals surface area contributed by atoms with E-state index in [1.165, 1.54) is 0 Å². The third kappa shape index (κ3) is 4.15. The topological polar surface area (TPSA) is 56.6 Å². The minimum absolute atomic E-state index is 0.144. The smallest absolute Gasteiger partial charge is 0.227 e. The number of benzene rings is 2. The van der Waals surface area contributed by atoms with E-state index in [1.807, 2.05) is 53.4 Å². The molecule has 0 saturated carbocycles. The second-order valence-corrected chi connectivity index (χ2v) is 6.38. The molecule has 0 aliphatic carbocycles. The number of nitriles is 1. The minimum atomic E-state index is 0.144. The molecule has 0 unspecified atom stereocenters. The molecule has 0 N–H and O–H groups in total. The molecule has 1 fully saturated rings. The van der Waals surface area contributed by atoms with Crippen LogP contribution in [0.25, 0.3) is 0 Å². The first-order valence-corrected chi connectivity index (χ1v) is 8.86. The molecular formula is C21H23N3O2. The summed E-state index contributed by atoms with van der Waals surface area (Å²) in [5, 5.41) is 9.31. The van der Waals surface area contributed by atoms with Gasteiger partial charge in [-0.15, -0.1) is 0 Å². The zero-order valence-electron chi connectivity index (χ0n) is 15.0. The second-order valence-electron chi connectivity index (χ2n) is 6.38. The molecule has 5 heteroatoms. The van der Waals surface area contributed by atoms with Gasteiger partial charge in [0.1, 0.15) is 11.8 Å². The molecule has 2 aromatic rings. The molecule has 134 valence electrons. The maximum atomic E-state index is 12.7. The summed E-state index contributed by atoms with van der Waals surface area (Å²) in [5.74, 6) is 0.938. The zero-order valence-corrected chi connectivity index (χ0v) is 15.0. The molecule has 0 spiro atoms. The number of para-hydroxylation sites is 1. The van der Waals surface area contributed by atoms with E-state index in [0.717, 1.165) is 43.1 Å². The number of methoxy groups -OCH3 is 1. The molecule has 0 atom stereocenters. The molecule has 1 saturated heterocycles. The van der Waals surface area contributed by atoms with Gasteiger partial charge in [0.25, 0.3) is 0 Å². The first-order valence-electron chi connectivity index (χ1n) is 8.86. The Hall–Kier alpha value is -3.00. The van der Waals surface area contributed by atoms with E-state index in [4.69, 9.17) is 4.74 Å². The summed E-state index contributed by atoms with van der Waals surface area (Å²) in [6, 6.07) is 17.5. The Bertz CT molecular complexity index is 796. The summed E-state index contributed by atoms with van der Waals surface area (Å²) in [7, 11) is 1.63. The van der Waals surface area contributed by atoms with Crippen molar-refractivity contribution < 1.29 is 9.53 Å². The van der Waals surface area contributed by atoms with Crippen molar-refractivity contribution in [2.75, 3.05) is 38.2 Å². The van der Waals surface area contributed by atoms with Crippen LogP contribution in [0.3, 0.4) is 0 Å². The average Bonchev–Trinajstić information content (AvgIpc) is 2.95. The second kappa shape index (κ2) is 8.39. The third-order valence-electron chi connectivity index (χ3n) is 4.73. The van der Waals surface area contributed by atoms with E-state index < -0.39 is 0 Å². The number of hydrogen-bond donors (Lipinski definition) is 0. The van der Waals surface area contributed by atoms with Crippen LogP contribution in [0.5, 0.6) is 5.75 Å². The monoisotopic (exact) mass is 349 g/mol. The van der Waals surface area contributed by atoms with Crippen LogP contribution in [0.2, 0.25) is 0 Å². The largest absolute Gasteiger partial charge is 0.497 e. The highest BCUT2D eigenvalue weighted by Gasteiger charge is 2.20. The molecule has 26 heavy (non-hydrogen) atoms. The normalized spacial score (nSPS) is 14.5. The molecule has 0 radical (unpaired) electrons. The fourth-order valence-corrected chi connectivity index (χ4v) is 3.28. The Morgan fingerprint density at radius 2 is 1.85 bits per heavy atom. The van der Waals surface area contributed by atoms with Crippen molar-refractivity contribution in [3.8, 4) is 11.8 Å². The van der Waals surface area contributed by atoms with Crippen LogP contribution in [0.4, 0.5) is 5.69 Å². The van der Waals surface area contributed by atoms with Crippen molar-refractivity contribution in [1.29, 1.82) is 5.26 Å². The van der Waals surface area contributed by atoms with Gasteiger partial charge in [0.2, 0.25) is 5.91 Å². The van der Waals surface area contributed by atoms with Crippen LogP contribution in [-0.4, -0.2) is 44.1 Å². The molecular weight excluding hydrogens is 326 g/mol. The number of nitrogens with zero attached hydrogens (tertiary/aromatic N) is 3. The number of amides is 1. The standard InChI is InChI=1S/C21H23N3O2/c1-26-19-9-7-17(8-10-19)15-21(25)24-12-4-11-23(13-14-24)20-6-3-2-5-18(20)16-22/h2-3,5-10H,4,11-15H2,1H3. The fraction of sp³-hybridized carbons (Fsp3) is 0.333. The van der Waals surface area contributed by atoms with E-state index in [-0.39, 0.29) is 5.91 Å². The Morgan fingerprint density at radius 3 is 2.58 bits per heavy atom. The average molecular weight is 349 g/mol. The van der Waals surface area contributed by atoms with E-state index in [0.29, 0.717) is 18.5 Å². The van der Waals surface area contributed by atoms with Gasteiger partial charge in [0.05, 0.1) is 24.8 Å². The highest BCUT2D eigenvalue weighted by atomic mass is 16.5. The van der Waals surface area contributed by atoms with Crippen molar-refractivity contribution in [2.45, 2.75) is 12.8 Å². The molecule has 1 heterocycles. The summed E-state index contributed by atoms with van der Waals surface area (Å²) >= 11 is 0. The molecule has 5 nitrogen and oxygen atoms in total. The van der Waals surface area contributed by atoms with E-state index in [1.54, 1.807) is 7.11 Å². The van der Waals surface area contributed by atoms with Crippen LogP contribution in [0.1, 0.15) is 17.5 Å². The number of rotatable bonds is 4. The summed E-state index contributed by atoms with van der Waals surface area (Å²) in [6.07, 6.45) is 1.30. The lowest BCUT2D eigenvalue weighted by molar-refractivity contribution is -0.130. The van der Waals surface area contributed by atoms with E-state index in [2.05, 4.69) is 11.0 Å². The summed E-state index contributed by atoms with van der Waals surface area (Å²) < 4.78 is 5.16. The van der Waals surface area contributed by atoms with Crippen LogP contribution >= 0.6 is 0 Å². The number of ether oxygens (including phenoxy) is 1. The maximum Gasteiger partial charge on any atom is 0.227 e. The molecule has 0 bridgehead atoms. The highest BCUT2D eigenvalue weighted by Crippen LogP contribution is 2.21. The van der Waals surface area contributed by atoms with Crippen LogP contribution in [0, 0.1) is 11.3 Å². The fourth-order valence-electron chi connectivity index (χ4n) is 3.28. The van der Waals surface area contributed by atoms with Gasteiger partial charge < -0.3 is 14.5 Å². The predicted octanol–water partition coefficient (Wildman–Crippen LogP) is 2.85. The summed E-state index contributed by atoms with van der Waals surface area (Å²) in [4.78, 5) is 16.8. The molecule has 2 aromatic carbocycles. The predicted molar refractivity (Wildman–Crippen MR) is 101 cm³/mol. The van der Waals surface area contributed by atoms with Crippen LogP contribution in [-0.2, 0) is 11.2 Å². The number of carbonyl (C=O) groups excluding carboxylic acids is 1. The first-order chi connectivity index (χ1) is 12.7. The quantitative estimate of drug-likeness (QED) is 0.852. The van der Waals surface area contributed by atoms with Gasteiger partial charge in [0, 0.05) is 26.2 Å². The van der Waals surface area contributed by atoms with Gasteiger partial charge in [-0.05, 0) is 36.2 Å². The lowest BCUT2D eigenvalue weighted by Crippen LogP contribution is -2.36. The third-order valence-corrected chi connectivity index (χ3v) is 4.73. The molecule has 1 aliphatic heterocycles. The number of anilines is 1. The van der Waals surface area contributed by atoms with Gasteiger partial charge in [-0.25, -0.2) is 0 Å². The van der Waals surface area contributed by atoms with Crippen LogP contribution < -0.4 is 9.64 Å². The van der Waals surface area contributed by atoms with E-state index in [9.17, 15) is 10.1 Å². The lowest BCUT2D eigenvalue weighted by Gasteiger charge is -2.24. The van der Waals surface area contributed by atoms with Crippen LogP contribution in [0.15, 0.2) is 48.5 Å². The van der Waals surface area contributed by atoms with Crippen molar-refractivity contribution in [2.24, 2.45) is 0 Å². The van der Waals surface area contributed by atoms with Gasteiger partial charge in [-0.1, -0.05) is 24.3 Å². The summed E-state index contributed by atoms with van der Waals surface area (Å²) in [6.45, 7) is 3.02. The van der Waals surface area contributed by atoms with Gasteiger partial charge in [0.15, 0.2) is 0 Å². The van der Waals surface area contributed by atoms with Crippen molar-refractivity contribution in [3.63, 3.8) is 0 Å². The molecule has 1 aliphatic rings. The minimum Gasteiger partial charge on any atom is -0.497 e. The molecule has 3 rings (SSSR count). The van der Waals surface area contributed by atoms with E-state index >= 15 is 0 Å². The van der Waals surface area contributed by atoms with Crippen molar-refractivity contribution in [3.05, 3.63) is 59.7 Å². The van der Waals surface area contributed by atoms with Crippen molar-refractivity contribution >= 4 is 11.6 Å². The zero-order chi connectivity index (χ0) is 18.4. The lowest BCUT2D eigenvalue weighted by atomic mass is 10.1. The summed E-state index contributed by atoms with van der Waals surface area (Å²) in [5.41, 5.74) is 2.64. The Labute approximate surface area is 154 Å². The van der Waals surface area contributed by atoms with Crippen molar-refractivity contribution in [1.82, 2.24) is 4.90 Å². The first kappa shape index (κ1) is 17.8. The number of carbonyl (C=O) groups is 1. The number of hydrogen-bond acceptors (Lipinski definition) is 4. The maximum absolute atomic E-state index is 12.7. The SMILES string of the molecule is COc1ccc(CC(=O)N2CCCN(c3ccccc3C#N)CC2)cc1. The van der Waals surface area contributed by atoms with Gasteiger partial charge >= 0.3 is 0 Å². The van der Waals surface area contributed by atoms with Gasteiger partial charge in [-0.2, -0.15) is 5.26 Å². The highest BCUT2D eigenvalue weighted by molar-refractivity contribution is 5.79. The molecule has 1 amide bonds. The Balaban J connectivity index is 1.62. The Kier molecular flexibility index (Phi) is 5.75. The molecule has 0 aromatic heterocycles.